The smallest absolute Gasteiger partial charge is 0.381 e. The maximum atomic E-state index is 7.09. The molecule has 0 radical (unpaired) electrons. The van der Waals surface area contributed by atoms with Gasteiger partial charge < -0.3 is 38.1 Å². The van der Waals surface area contributed by atoms with Crippen LogP contribution in [0, 0.1) is 0 Å². The molecule has 0 amide bonds. The standard InChI is InChI=1S/C25H46N2O6Si/c1-8-27(4)20-15-21-34(31-9-2,32-10-3)33-24(18-14-19-26,25(28-5,29-6)30-7)22-23-16-12-11-13-17-23/h8,11-13,16-17H,1,9-10,14-15,18-22,26H2,2-7H3. The molecule has 0 saturated heterocycles. The summed E-state index contributed by atoms with van der Waals surface area (Å²) in [5, 5.41) is 0. The average Bonchev–Trinajstić information content (AvgIpc) is 2.85. The molecular weight excluding hydrogens is 452 g/mol. The van der Waals surface area contributed by atoms with E-state index in [0.717, 1.165) is 18.5 Å². The van der Waals surface area contributed by atoms with Crippen LogP contribution in [0.1, 0.15) is 38.7 Å². The molecule has 1 rings (SSSR count). The van der Waals surface area contributed by atoms with Gasteiger partial charge in [0, 0.05) is 60.6 Å². The number of benzene rings is 1. The molecule has 2 N–H and O–H groups in total. The van der Waals surface area contributed by atoms with Gasteiger partial charge in [-0.3, -0.25) is 0 Å². The summed E-state index contributed by atoms with van der Waals surface area (Å²) in [5.74, 6) is -1.50. The van der Waals surface area contributed by atoms with Crippen molar-refractivity contribution in [3.05, 3.63) is 48.7 Å². The Morgan fingerprint density at radius 2 is 1.59 bits per heavy atom. The van der Waals surface area contributed by atoms with Crippen molar-refractivity contribution in [3.63, 3.8) is 0 Å². The van der Waals surface area contributed by atoms with E-state index in [1.807, 2.05) is 44.0 Å². The summed E-state index contributed by atoms with van der Waals surface area (Å²) in [5.41, 5.74) is 5.94. The summed E-state index contributed by atoms with van der Waals surface area (Å²) >= 11 is 0. The molecule has 0 aliphatic heterocycles. The third-order valence-corrected chi connectivity index (χ3v) is 8.99. The van der Waals surface area contributed by atoms with E-state index in [0.29, 0.717) is 45.1 Å². The number of ether oxygens (including phenoxy) is 3. The van der Waals surface area contributed by atoms with Gasteiger partial charge in [-0.15, -0.1) is 0 Å². The molecule has 0 aliphatic rings. The Bertz CT molecular complexity index is 662. The second kappa shape index (κ2) is 15.6. The molecule has 0 fully saturated rings. The molecule has 196 valence electrons. The molecule has 1 unspecified atom stereocenters. The Kier molecular flexibility index (Phi) is 14.1. The number of methoxy groups -OCH3 is 3. The van der Waals surface area contributed by atoms with E-state index in [1.54, 1.807) is 27.5 Å². The van der Waals surface area contributed by atoms with Crippen LogP contribution in [0.5, 0.6) is 0 Å². The highest BCUT2D eigenvalue weighted by atomic mass is 28.4. The molecule has 1 atom stereocenters. The highest BCUT2D eigenvalue weighted by Crippen LogP contribution is 2.42. The minimum absolute atomic E-state index is 0.460. The van der Waals surface area contributed by atoms with Crippen LogP contribution < -0.4 is 5.73 Å². The zero-order valence-electron chi connectivity index (χ0n) is 22.0. The van der Waals surface area contributed by atoms with E-state index in [2.05, 4.69) is 18.7 Å². The Labute approximate surface area is 207 Å². The molecule has 1 aromatic rings. The Morgan fingerprint density at radius 1 is 1.00 bits per heavy atom. The summed E-state index contributed by atoms with van der Waals surface area (Å²) in [6, 6.07) is 10.7. The van der Waals surface area contributed by atoms with Crippen LogP contribution >= 0.6 is 0 Å². The molecule has 0 heterocycles. The molecular formula is C25H46N2O6Si. The second-order valence-corrected chi connectivity index (χ2v) is 10.8. The number of hydrogen-bond acceptors (Lipinski definition) is 8. The van der Waals surface area contributed by atoms with Crippen LogP contribution in [0.25, 0.3) is 0 Å². The van der Waals surface area contributed by atoms with Gasteiger partial charge in [0.2, 0.25) is 0 Å². The van der Waals surface area contributed by atoms with Crippen molar-refractivity contribution in [2.75, 3.05) is 54.7 Å². The van der Waals surface area contributed by atoms with E-state index < -0.39 is 20.4 Å². The summed E-state index contributed by atoms with van der Waals surface area (Å²) in [6.45, 7) is 9.95. The van der Waals surface area contributed by atoms with Gasteiger partial charge in [-0.25, -0.2) is 0 Å². The molecule has 1 aromatic carbocycles. The lowest BCUT2D eigenvalue weighted by Gasteiger charge is -2.50. The van der Waals surface area contributed by atoms with Crippen LogP contribution in [-0.2, 0) is 33.9 Å². The maximum Gasteiger partial charge on any atom is 0.501 e. The van der Waals surface area contributed by atoms with E-state index in [-0.39, 0.29) is 0 Å². The first-order chi connectivity index (χ1) is 16.4. The predicted octanol–water partition coefficient (Wildman–Crippen LogP) is 3.79. The molecule has 9 heteroatoms. The van der Waals surface area contributed by atoms with Crippen molar-refractivity contribution >= 4 is 8.80 Å². The molecule has 0 aromatic heterocycles. The molecule has 8 nitrogen and oxygen atoms in total. The largest absolute Gasteiger partial charge is 0.501 e. The normalized spacial score (nSPS) is 14.1. The molecule has 34 heavy (non-hydrogen) atoms. The summed E-state index contributed by atoms with van der Waals surface area (Å²) < 4.78 is 37.5. The van der Waals surface area contributed by atoms with Gasteiger partial charge in [0.1, 0.15) is 5.60 Å². The van der Waals surface area contributed by atoms with Crippen molar-refractivity contribution in [2.24, 2.45) is 5.73 Å². The van der Waals surface area contributed by atoms with E-state index in [1.165, 1.54) is 0 Å². The van der Waals surface area contributed by atoms with E-state index in [4.69, 9.17) is 33.2 Å². The molecule has 0 aliphatic carbocycles. The molecule has 0 bridgehead atoms. The highest BCUT2D eigenvalue weighted by Gasteiger charge is 2.60. The van der Waals surface area contributed by atoms with Crippen molar-refractivity contribution < 1.29 is 27.5 Å². The van der Waals surface area contributed by atoms with Crippen LogP contribution in [0.3, 0.4) is 0 Å². The molecule has 0 spiro atoms. The van der Waals surface area contributed by atoms with Gasteiger partial charge in [0.15, 0.2) is 0 Å². The van der Waals surface area contributed by atoms with Crippen molar-refractivity contribution in [2.45, 2.75) is 57.1 Å². The third-order valence-electron chi connectivity index (χ3n) is 5.87. The quantitative estimate of drug-likeness (QED) is 0.215. The number of nitrogens with two attached hydrogens (primary N) is 1. The van der Waals surface area contributed by atoms with E-state index in [9.17, 15) is 0 Å². The topological polar surface area (TPSA) is 84.6 Å². The number of rotatable bonds is 20. The lowest BCUT2D eigenvalue weighted by atomic mass is 9.87. The van der Waals surface area contributed by atoms with Crippen molar-refractivity contribution in [3.8, 4) is 0 Å². The fourth-order valence-electron chi connectivity index (χ4n) is 4.29. The lowest BCUT2D eigenvalue weighted by molar-refractivity contribution is -0.419. The highest BCUT2D eigenvalue weighted by molar-refractivity contribution is 6.60. The zero-order chi connectivity index (χ0) is 25.5. The van der Waals surface area contributed by atoms with Crippen LogP contribution in [-0.4, -0.2) is 80.0 Å². The van der Waals surface area contributed by atoms with Crippen molar-refractivity contribution in [1.29, 1.82) is 0 Å². The fourth-order valence-corrected chi connectivity index (χ4v) is 7.25. The zero-order valence-corrected chi connectivity index (χ0v) is 23.0. The van der Waals surface area contributed by atoms with Gasteiger partial charge in [-0.2, -0.15) is 0 Å². The van der Waals surface area contributed by atoms with Crippen LogP contribution in [0.4, 0.5) is 0 Å². The Hall–Kier alpha value is -1.30. The minimum Gasteiger partial charge on any atom is -0.381 e. The van der Waals surface area contributed by atoms with Crippen LogP contribution in [0.15, 0.2) is 43.1 Å². The Morgan fingerprint density at radius 3 is 2.06 bits per heavy atom. The number of nitrogens with zero attached hydrogens (tertiary/aromatic N) is 1. The summed E-state index contributed by atoms with van der Waals surface area (Å²) in [4.78, 5) is 2.03. The van der Waals surface area contributed by atoms with Crippen LogP contribution in [0.2, 0.25) is 6.04 Å². The fraction of sp³-hybridized carbons (Fsp3) is 0.680. The van der Waals surface area contributed by atoms with Gasteiger partial charge in [0.25, 0.3) is 0 Å². The van der Waals surface area contributed by atoms with E-state index >= 15 is 0 Å². The predicted molar refractivity (Wildman–Crippen MR) is 137 cm³/mol. The summed E-state index contributed by atoms with van der Waals surface area (Å²) in [6.07, 6.45) is 4.28. The maximum absolute atomic E-state index is 7.09. The first-order valence-electron chi connectivity index (χ1n) is 12.1. The second-order valence-electron chi connectivity index (χ2n) is 8.14. The first-order valence-corrected chi connectivity index (χ1v) is 14.0. The Balaban J connectivity index is 3.60. The minimum atomic E-state index is -3.21. The lowest BCUT2D eigenvalue weighted by Crippen LogP contribution is -2.66. The van der Waals surface area contributed by atoms with Gasteiger partial charge >= 0.3 is 14.8 Å². The average molecular weight is 499 g/mol. The van der Waals surface area contributed by atoms with Gasteiger partial charge in [0.05, 0.1) is 0 Å². The SMILES string of the molecule is C=CN(C)CCC[Si](OCC)(OCC)OC(CCCN)(Cc1ccccc1)C(OC)(OC)OC. The van der Waals surface area contributed by atoms with Crippen molar-refractivity contribution in [1.82, 2.24) is 4.90 Å². The molecule has 0 saturated carbocycles. The number of hydrogen-bond donors (Lipinski definition) is 1. The monoisotopic (exact) mass is 498 g/mol. The summed E-state index contributed by atoms with van der Waals surface area (Å²) in [7, 11) is 3.45. The van der Waals surface area contributed by atoms with Gasteiger partial charge in [-0.05, 0) is 51.4 Å². The van der Waals surface area contributed by atoms with Gasteiger partial charge in [-0.1, -0.05) is 36.9 Å². The first kappa shape index (κ1) is 30.7. The third kappa shape index (κ3) is 8.13.